The quantitative estimate of drug-likeness (QED) is 0.585. The minimum Gasteiger partial charge on any atom is -0.481 e. The van der Waals surface area contributed by atoms with Gasteiger partial charge in [-0.1, -0.05) is 43.5 Å². The van der Waals surface area contributed by atoms with Crippen LogP contribution < -0.4 is 5.32 Å². The Morgan fingerprint density at radius 3 is 2.52 bits per heavy atom. The molecule has 5 nitrogen and oxygen atoms in total. The summed E-state index contributed by atoms with van der Waals surface area (Å²) in [7, 11) is 0. The summed E-state index contributed by atoms with van der Waals surface area (Å²) in [4.78, 5) is 33.8. The third-order valence-corrected chi connectivity index (χ3v) is 5.08. The van der Waals surface area contributed by atoms with E-state index in [1.807, 2.05) is 24.3 Å². The van der Waals surface area contributed by atoms with Gasteiger partial charge in [0.05, 0.1) is 0 Å². The van der Waals surface area contributed by atoms with Gasteiger partial charge < -0.3 is 10.4 Å². The van der Waals surface area contributed by atoms with Gasteiger partial charge in [0.2, 0.25) is 5.91 Å². The lowest BCUT2D eigenvalue weighted by atomic mass is 9.89. The molecule has 5 heteroatoms. The second kappa shape index (κ2) is 10.7. The van der Waals surface area contributed by atoms with Gasteiger partial charge in [0.15, 0.2) is 0 Å². The number of Topliss-reactive ketones (excluding diaryl/α,β-unsaturated/α-hetero) is 1. The van der Waals surface area contributed by atoms with Crippen molar-refractivity contribution in [2.75, 3.05) is 5.32 Å². The summed E-state index contributed by atoms with van der Waals surface area (Å²) in [5.41, 5.74) is 1.83. The van der Waals surface area contributed by atoms with Gasteiger partial charge in [0.1, 0.15) is 5.78 Å². The van der Waals surface area contributed by atoms with Crippen molar-refractivity contribution < 1.29 is 19.5 Å². The van der Waals surface area contributed by atoms with E-state index < -0.39 is 5.97 Å². The number of anilines is 1. The maximum atomic E-state index is 12.2. The third-order valence-electron chi connectivity index (χ3n) is 5.08. The monoisotopic (exact) mass is 371 g/mol. The highest BCUT2D eigenvalue weighted by Crippen LogP contribution is 2.34. The number of aliphatic carboxylic acids is 1. The number of nitrogens with one attached hydrogen (secondary N) is 1. The summed E-state index contributed by atoms with van der Waals surface area (Å²) in [6.45, 7) is 1.48. The summed E-state index contributed by atoms with van der Waals surface area (Å²) < 4.78 is 0. The molecule has 0 aromatic heterocycles. The first-order valence-electron chi connectivity index (χ1n) is 9.76. The first-order chi connectivity index (χ1) is 13.0. The molecule has 1 saturated carbocycles. The molecule has 1 aromatic rings. The number of ketones is 1. The number of hydrogen-bond donors (Lipinski definition) is 2. The lowest BCUT2D eigenvalue weighted by Crippen LogP contribution is -2.13. The van der Waals surface area contributed by atoms with Gasteiger partial charge in [-0.25, -0.2) is 0 Å². The molecule has 1 fully saturated rings. The van der Waals surface area contributed by atoms with E-state index in [4.69, 9.17) is 5.11 Å². The van der Waals surface area contributed by atoms with Crippen molar-refractivity contribution in [3.8, 4) is 0 Å². The highest BCUT2D eigenvalue weighted by Gasteiger charge is 2.32. The standard InChI is InChI=1S/C22H29NO4/c1-16(24)23-19-13-9-17(10-14-19)8-11-18-12-15-21(25)20(18)6-4-2-3-5-7-22(26)27/h8-11,13-14,18,20H,2-7,12,15H2,1H3,(H,23,24)(H,26,27)/t18-,20+/m1/s1. The predicted molar refractivity (Wildman–Crippen MR) is 106 cm³/mol. The van der Waals surface area contributed by atoms with Crippen molar-refractivity contribution in [2.45, 2.75) is 58.3 Å². The largest absolute Gasteiger partial charge is 0.481 e. The Hall–Kier alpha value is -2.43. The first-order valence-corrected chi connectivity index (χ1v) is 9.76. The van der Waals surface area contributed by atoms with E-state index in [0.717, 1.165) is 43.4 Å². The van der Waals surface area contributed by atoms with E-state index in [-0.39, 0.29) is 24.2 Å². The number of carbonyl (C=O) groups is 3. The smallest absolute Gasteiger partial charge is 0.303 e. The van der Waals surface area contributed by atoms with Crippen LogP contribution in [0.15, 0.2) is 30.3 Å². The number of carboxylic acid groups (broad SMARTS) is 1. The average molecular weight is 371 g/mol. The molecule has 0 saturated heterocycles. The Labute approximate surface area is 160 Å². The van der Waals surface area contributed by atoms with Gasteiger partial charge in [0.25, 0.3) is 0 Å². The van der Waals surface area contributed by atoms with Crippen LogP contribution in [0, 0.1) is 11.8 Å². The van der Waals surface area contributed by atoms with Gasteiger partial charge in [-0.2, -0.15) is 0 Å². The molecule has 1 aromatic carbocycles. The van der Waals surface area contributed by atoms with Crippen LogP contribution in [0.5, 0.6) is 0 Å². The highest BCUT2D eigenvalue weighted by atomic mass is 16.4. The third kappa shape index (κ3) is 7.37. The van der Waals surface area contributed by atoms with Crippen LogP contribution >= 0.6 is 0 Å². The molecule has 0 heterocycles. The van der Waals surface area contributed by atoms with Crippen molar-refractivity contribution in [3.63, 3.8) is 0 Å². The van der Waals surface area contributed by atoms with Crippen LogP contribution in [0.3, 0.4) is 0 Å². The number of carbonyl (C=O) groups excluding carboxylic acids is 2. The molecular formula is C22H29NO4. The number of rotatable bonds is 10. The Bertz CT molecular complexity index is 678. The normalized spacial score (nSPS) is 19.5. The Morgan fingerprint density at radius 2 is 1.85 bits per heavy atom. The summed E-state index contributed by atoms with van der Waals surface area (Å²) in [5, 5.41) is 11.4. The Kier molecular flexibility index (Phi) is 8.24. The summed E-state index contributed by atoms with van der Waals surface area (Å²) >= 11 is 0. The SMILES string of the molecule is CC(=O)Nc1ccc(C=C[C@@H]2CCC(=O)[C@H]2CCCCCCC(=O)O)cc1. The number of unbranched alkanes of at least 4 members (excludes halogenated alkanes) is 3. The van der Waals surface area contributed by atoms with Gasteiger partial charge in [-0.15, -0.1) is 0 Å². The average Bonchev–Trinajstić information content (AvgIpc) is 2.96. The van der Waals surface area contributed by atoms with E-state index in [0.29, 0.717) is 18.6 Å². The molecule has 0 bridgehead atoms. The van der Waals surface area contributed by atoms with E-state index >= 15 is 0 Å². The predicted octanol–water partition coefficient (Wildman–Crippen LogP) is 4.68. The molecule has 0 aliphatic heterocycles. The first kappa shape index (κ1) is 20.9. The number of benzene rings is 1. The van der Waals surface area contributed by atoms with Gasteiger partial charge >= 0.3 is 5.97 Å². The second-order valence-electron chi connectivity index (χ2n) is 7.28. The molecule has 2 N–H and O–H groups in total. The van der Waals surface area contributed by atoms with Gasteiger partial charge in [-0.3, -0.25) is 14.4 Å². The molecule has 1 aliphatic carbocycles. The maximum Gasteiger partial charge on any atom is 0.303 e. The summed E-state index contributed by atoms with van der Waals surface area (Å²) in [6, 6.07) is 7.65. The van der Waals surface area contributed by atoms with Crippen molar-refractivity contribution in [3.05, 3.63) is 35.9 Å². The van der Waals surface area contributed by atoms with E-state index in [1.165, 1.54) is 6.92 Å². The number of carboxylic acids is 1. The van der Waals surface area contributed by atoms with E-state index in [9.17, 15) is 14.4 Å². The molecule has 0 unspecified atom stereocenters. The molecule has 2 rings (SSSR count). The zero-order valence-electron chi connectivity index (χ0n) is 15.9. The van der Waals surface area contributed by atoms with Crippen molar-refractivity contribution in [1.29, 1.82) is 0 Å². The number of hydrogen-bond acceptors (Lipinski definition) is 3. The number of allylic oxidation sites excluding steroid dienone is 1. The maximum absolute atomic E-state index is 12.2. The van der Waals surface area contributed by atoms with Gasteiger partial charge in [0, 0.05) is 31.4 Å². The molecule has 2 atom stereocenters. The highest BCUT2D eigenvalue weighted by molar-refractivity contribution is 5.88. The molecule has 1 amide bonds. The zero-order valence-corrected chi connectivity index (χ0v) is 15.9. The van der Waals surface area contributed by atoms with E-state index in [1.54, 1.807) is 0 Å². The van der Waals surface area contributed by atoms with Crippen LogP contribution in [0.1, 0.15) is 63.9 Å². The lowest BCUT2D eigenvalue weighted by Gasteiger charge is -2.14. The molecule has 0 spiro atoms. The fourth-order valence-electron chi connectivity index (χ4n) is 3.65. The Morgan fingerprint density at radius 1 is 1.15 bits per heavy atom. The van der Waals surface area contributed by atoms with E-state index in [2.05, 4.69) is 17.5 Å². The van der Waals surface area contributed by atoms with Crippen molar-refractivity contribution in [2.24, 2.45) is 11.8 Å². The van der Waals surface area contributed by atoms with Crippen molar-refractivity contribution in [1.82, 2.24) is 0 Å². The molecule has 146 valence electrons. The number of amides is 1. The fraction of sp³-hybridized carbons (Fsp3) is 0.500. The zero-order chi connectivity index (χ0) is 19.6. The topological polar surface area (TPSA) is 83.5 Å². The summed E-state index contributed by atoms with van der Waals surface area (Å²) in [6.07, 6.45) is 10.5. The molecule has 0 radical (unpaired) electrons. The Balaban J connectivity index is 1.81. The minimum atomic E-state index is -0.740. The fourth-order valence-corrected chi connectivity index (χ4v) is 3.65. The molecule has 27 heavy (non-hydrogen) atoms. The minimum absolute atomic E-state index is 0.0893. The van der Waals surface area contributed by atoms with Crippen molar-refractivity contribution >= 4 is 29.4 Å². The molecule has 1 aliphatic rings. The van der Waals surface area contributed by atoms with Crippen LogP contribution in [-0.4, -0.2) is 22.8 Å². The second-order valence-corrected chi connectivity index (χ2v) is 7.28. The van der Waals surface area contributed by atoms with Crippen LogP contribution in [0.2, 0.25) is 0 Å². The van der Waals surface area contributed by atoms with Crippen LogP contribution in [0.25, 0.3) is 6.08 Å². The lowest BCUT2D eigenvalue weighted by molar-refractivity contribution is -0.137. The summed E-state index contributed by atoms with van der Waals surface area (Å²) in [5.74, 6) is -0.0908. The molecular weight excluding hydrogens is 342 g/mol. The van der Waals surface area contributed by atoms with Gasteiger partial charge in [-0.05, 0) is 42.9 Å². The van der Waals surface area contributed by atoms with Crippen LogP contribution in [0.4, 0.5) is 5.69 Å². The van der Waals surface area contributed by atoms with Crippen LogP contribution in [-0.2, 0) is 14.4 Å².